The van der Waals surface area contributed by atoms with E-state index in [4.69, 9.17) is 5.73 Å². The fourth-order valence-electron chi connectivity index (χ4n) is 1.85. The smallest absolute Gasteiger partial charge is 0.312 e. The third-order valence-corrected chi connectivity index (χ3v) is 2.62. The Labute approximate surface area is 89.8 Å². The molecule has 15 heavy (non-hydrogen) atoms. The summed E-state index contributed by atoms with van der Waals surface area (Å²) in [6.45, 7) is 0.313. The van der Waals surface area contributed by atoms with Crippen molar-refractivity contribution in [1.82, 2.24) is 10.6 Å². The molecule has 1 rings (SSSR count). The number of hydrogen-bond acceptors (Lipinski definition) is 2. The Morgan fingerprint density at radius 1 is 1.20 bits per heavy atom. The number of hydrogen-bond donors (Lipinski definition) is 3. The highest BCUT2D eigenvalue weighted by Gasteiger charge is 2.15. The van der Waals surface area contributed by atoms with Crippen LogP contribution in [0.4, 0.5) is 4.79 Å². The molecule has 1 saturated carbocycles. The summed E-state index contributed by atoms with van der Waals surface area (Å²) < 4.78 is 0. The average Bonchev–Trinajstić information content (AvgIpc) is 2.18. The minimum absolute atomic E-state index is 0.00403. The van der Waals surface area contributed by atoms with Crippen LogP contribution in [0.25, 0.3) is 0 Å². The number of rotatable bonds is 4. The van der Waals surface area contributed by atoms with Gasteiger partial charge in [-0.2, -0.15) is 0 Å². The van der Waals surface area contributed by atoms with Crippen molar-refractivity contribution in [2.24, 2.45) is 5.73 Å². The van der Waals surface area contributed by atoms with Crippen LogP contribution in [0.1, 0.15) is 38.5 Å². The maximum atomic E-state index is 11.4. The number of primary amides is 1. The Hall–Kier alpha value is -1.26. The van der Waals surface area contributed by atoms with Crippen molar-refractivity contribution >= 4 is 11.9 Å². The van der Waals surface area contributed by atoms with E-state index in [0.29, 0.717) is 19.0 Å². The molecule has 0 heterocycles. The Morgan fingerprint density at radius 3 is 2.47 bits per heavy atom. The highest BCUT2D eigenvalue weighted by atomic mass is 16.2. The van der Waals surface area contributed by atoms with Crippen LogP contribution in [0, 0.1) is 0 Å². The molecule has 0 aromatic heterocycles. The highest BCUT2D eigenvalue weighted by Crippen LogP contribution is 2.17. The van der Waals surface area contributed by atoms with Crippen LogP contribution >= 0.6 is 0 Å². The predicted molar refractivity (Wildman–Crippen MR) is 57.2 cm³/mol. The lowest BCUT2D eigenvalue weighted by Crippen LogP contribution is -2.38. The summed E-state index contributed by atoms with van der Waals surface area (Å²) in [5.41, 5.74) is 4.88. The van der Waals surface area contributed by atoms with Crippen LogP contribution < -0.4 is 16.4 Å². The highest BCUT2D eigenvalue weighted by molar-refractivity contribution is 5.77. The van der Waals surface area contributed by atoms with Crippen molar-refractivity contribution in [3.63, 3.8) is 0 Å². The van der Waals surface area contributed by atoms with Crippen LogP contribution in [-0.4, -0.2) is 24.5 Å². The van der Waals surface area contributed by atoms with Crippen LogP contribution in [0.15, 0.2) is 0 Å². The monoisotopic (exact) mass is 213 g/mol. The van der Waals surface area contributed by atoms with Crippen molar-refractivity contribution in [2.45, 2.75) is 44.6 Å². The first-order chi connectivity index (χ1) is 7.18. The second-order valence-electron chi connectivity index (χ2n) is 3.94. The zero-order valence-corrected chi connectivity index (χ0v) is 8.92. The molecule has 0 radical (unpaired) electrons. The zero-order valence-electron chi connectivity index (χ0n) is 8.92. The van der Waals surface area contributed by atoms with E-state index in [2.05, 4.69) is 10.6 Å². The lowest BCUT2D eigenvalue weighted by molar-refractivity contribution is -0.121. The molecule has 5 heteroatoms. The molecule has 4 N–H and O–H groups in total. The summed E-state index contributed by atoms with van der Waals surface area (Å²) in [5, 5.41) is 5.35. The molecule has 0 unspecified atom stereocenters. The van der Waals surface area contributed by atoms with Crippen LogP contribution in [0.5, 0.6) is 0 Å². The van der Waals surface area contributed by atoms with E-state index in [1.54, 1.807) is 0 Å². The van der Waals surface area contributed by atoms with Gasteiger partial charge in [0.1, 0.15) is 0 Å². The summed E-state index contributed by atoms with van der Waals surface area (Å²) in [7, 11) is 0. The van der Waals surface area contributed by atoms with Gasteiger partial charge < -0.3 is 16.4 Å². The van der Waals surface area contributed by atoms with Gasteiger partial charge in [-0.15, -0.1) is 0 Å². The molecule has 0 aromatic rings. The van der Waals surface area contributed by atoms with Crippen molar-refractivity contribution in [3.8, 4) is 0 Å². The van der Waals surface area contributed by atoms with E-state index in [1.807, 2.05) is 0 Å². The van der Waals surface area contributed by atoms with E-state index >= 15 is 0 Å². The number of amides is 3. The van der Waals surface area contributed by atoms with Gasteiger partial charge in [0, 0.05) is 19.0 Å². The van der Waals surface area contributed by atoms with E-state index < -0.39 is 6.03 Å². The first-order valence-electron chi connectivity index (χ1n) is 5.51. The molecule has 1 fully saturated rings. The Morgan fingerprint density at radius 2 is 1.87 bits per heavy atom. The molecule has 3 amide bonds. The first-order valence-corrected chi connectivity index (χ1v) is 5.51. The maximum Gasteiger partial charge on any atom is 0.312 e. The van der Waals surface area contributed by atoms with Gasteiger partial charge in [-0.3, -0.25) is 4.79 Å². The Kier molecular flexibility index (Phi) is 4.93. The van der Waals surface area contributed by atoms with Crippen LogP contribution in [-0.2, 0) is 4.79 Å². The molecule has 0 atom stereocenters. The van der Waals surface area contributed by atoms with Gasteiger partial charge in [-0.25, -0.2) is 4.79 Å². The second kappa shape index (κ2) is 6.27. The standard InChI is InChI=1S/C10H19N3O2/c11-10(15)12-7-6-9(14)13-8-4-2-1-3-5-8/h8H,1-7H2,(H,13,14)(H3,11,12,15). The number of urea groups is 1. The van der Waals surface area contributed by atoms with Gasteiger partial charge >= 0.3 is 6.03 Å². The second-order valence-corrected chi connectivity index (χ2v) is 3.94. The molecule has 0 bridgehead atoms. The molecule has 0 spiro atoms. The number of carbonyl (C=O) groups is 2. The third kappa shape index (κ3) is 5.24. The normalized spacial score (nSPS) is 17.1. The van der Waals surface area contributed by atoms with Gasteiger partial charge in [-0.1, -0.05) is 19.3 Å². The molecular formula is C10H19N3O2. The molecule has 1 aliphatic carbocycles. The number of nitrogens with two attached hydrogens (primary N) is 1. The molecule has 86 valence electrons. The van der Waals surface area contributed by atoms with Crippen molar-refractivity contribution in [2.75, 3.05) is 6.54 Å². The van der Waals surface area contributed by atoms with Gasteiger partial charge in [0.2, 0.25) is 5.91 Å². The van der Waals surface area contributed by atoms with Crippen molar-refractivity contribution < 1.29 is 9.59 Å². The molecule has 1 aliphatic rings. The number of nitrogens with one attached hydrogen (secondary N) is 2. The SMILES string of the molecule is NC(=O)NCCC(=O)NC1CCCCC1. The van der Waals surface area contributed by atoms with E-state index in [1.165, 1.54) is 19.3 Å². The quantitative estimate of drug-likeness (QED) is 0.635. The molecule has 5 nitrogen and oxygen atoms in total. The fraction of sp³-hybridized carbons (Fsp3) is 0.800. The van der Waals surface area contributed by atoms with E-state index in [9.17, 15) is 9.59 Å². The Balaban J connectivity index is 2.09. The summed E-state index contributed by atoms with van der Waals surface area (Å²) in [5.74, 6) is -0.00403. The van der Waals surface area contributed by atoms with Gasteiger partial charge in [0.05, 0.1) is 0 Å². The molecule has 0 aliphatic heterocycles. The van der Waals surface area contributed by atoms with Gasteiger partial charge in [0.25, 0.3) is 0 Å². The van der Waals surface area contributed by atoms with Crippen molar-refractivity contribution in [1.29, 1.82) is 0 Å². The van der Waals surface area contributed by atoms with Crippen LogP contribution in [0.2, 0.25) is 0 Å². The van der Waals surface area contributed by atoms with Gasteiger partial charge in [0.15, 0.2) is 0 Å². The summed E-state index contributed by atoms with van der Waals surface area (Å²) in [4.78, 5) is 21.7. The predicted octanol–water partition coefficient (Wildman–Crippen LogP) is 0.494. The summed E-state index contributed by atoms with van der Waals surface area (Å²) >= 11 is 0. The molecular weight excluding hydrogens is 194 g/mol. The maximum absolute atomic E-state index is 11.4. The lowest BCUT2D eigenvalue weighted by Gasteiger charge is -2.22. The summed E-state index contributed by atoms with van der Waals surface area (Å²) in [6.07, 6.45) is 6.13. The topological polar surface area (TPSA) is 84.2 Å². The minimum Gasteiger partial charge on any atom is -0.353 e. The number of carbonyl (C=O) groups excluding carboxylic acids is 2. The Bertz CT molecular complexity index is 225. The molecule has 0 saturated heterocycles. The van der Waals surface area contributed by atoms with Crippen molar-refractivity contribution in [3.05, 3.63) is 0 Å². The largest absolute Gasteiger partial charge is 0.353 e. The summed E-state index contributed by atoms with van der Waals surface area (Å²) in [6, 6.07) is -0.250. The van der Waals surface area contributed by atoms with E-state index in [0.717, 1.165) is 12.8 Å². The minimum atomic E-state index is -0.583. The third-order valence-electron chi connectivity index (χ3n) is 2.62. The zero-order chi connectivity index (χ0) is 11.1. The average molecular weight is 213 g/mol. The molecule has 0 aromatic carbocycles. The fourth-order valence-corrected chi connectivity index (χ4v) is 1.85. The van der Waals surface area contributed by atoms with Gasteiger partial charge in [-0.05, 0) is 12.8 Å². The van der Waals surface area contributed by atoms with Crippen LogP contribution in [0.3, 0.4) is 0 Å². The van der Waals surface area contributed by atoms with E-state index in [-0.39, 0.29) is 5.91 Å². The first kappa shape index (κ1) is 11.8. The lowest BCUT2D eigenvalue weighted by atomic mass is 9.95.